The fourth-order valence-corrected chi connectivity index (χ4v) is 2.22. The van der Waals surface area contributed by atoms with Crippen LogP contribution < -0.4 is 5.32 Å². The second kappa shape index (κ2) is 4.78. The number of nitrogens with zero attached hydrogens (tertiary/aromatic N) is 1. The van der Waals surface area contributed by atoms with Crippen molar-refractivity contribution in [2.24, 2.45) is 0 Å². The van der Waals surface area contributed by atoms with Crippen LogP contribution in [-0.4, -0.2) is 23.2 Å². The van der Waals surface area contributed by atoms with Gasteiger partial charge >= 0.3 is 0 Å². The lowest BCUT2D eigenvalue weighted by Crippen LogP contribution is -2.37. The van der Waals surface area contributed by atoms with Crippen LogP contribution in [0.1, 0.15) is 26.7 Å². The van der Waals surface area contributed by atoms with Crippen LogP contribution in [0.3, 0.4) is 0 Å². The minimum Gasteiger partial charge on any atom is -0.375 e. The van der Waals surface area contributed by atoms with E-state index in [0.29, 0.717) is 11.9 Å². The maximum absolute atomic E-state index is 12.9. The molecule has 3 nitrogen and oxygen atoms in total. The Morgan fingerprint density at radius 1 is 1.31 bits per heavy atom. The van der Waals surface area contributed by atoms with Gasteiger partial charge in [-0.3, -0.25) is 0 Å². The summed E-state index contributed by atoms with van der Waals surface area (Å²) in [6, 6.07) is 5.11. The van der Waals surface area contributed by atoms with Gasteiger partial charge in [0.1, 0.15) is 5.82 Å². The Balaban J connectivity index is 1.98. The van der Waals surface area contributed by atoms with Gasteiger partial charge in [0.2, 0.25) is 5.95 Å². The van der Waals surface area contributed by atoms with Gasteiger partial charge in [-0.25, -0.2) is 4.98 Å². The predicted octanol–water partition coefficient (Wildman–Crippen LogP) is 2.59. The summed E-state index contributed by atoms with van der Waals surface area (Å²) < 4.78 is 18.5. The lowest BCUT2D eigenvalue weighted by atomic mass is 10.00. The Bertz CT molecular complexity index is 349. The average molecular weight is 224 g/mol. The van der Waals surface area contributed by atoms with Gasteiger partial charge in [0, 0.05) is 6.04 Å². The first kappa shape index (κ1) is 11.3. The maximum atomic E-state index is 12.9. The Hall–Kier alpha value is -1.16. The zero-order valence-corrected chi connectivity index (χ0v) is 9.61. The van der Waals surface area contributed by atoms with Gasteiger partial charge < -0.3 is 10.1 Å². The molecule has 16 heavy (non-hydrogen) atoms. The molecule has 1 fully saturated rings. The van der Waals surface area contributed by atoms with Gasteiger partial charge in [0.05, 0.1) is 12.2 Å². The molecule has 1 aliphatic rings. The quantitative estimate of drug-likeness (QED) is 0.784. The third kappa shape index (κ3) is 2.92. The topological polar surface area (TPSA) is 34.2 Å². The van der Waals surface area contributed by atoms with E-state index in [4.69, 9.17) is 4.74 Å². The third-order valence-corrected chi connectivity index (χ3v) is 2.76. The second-order valence-electron chi connectivity index (χ2n) is 4.42. The van der Waals surface area contributed by atoms with Crippen LogP contribution in [-0.2, 0) is 4.74 Å². The number of pyridine rings is 1. The molecule has 1 aromatic heterocycles. The van der Waals surface area contributed by atoms with Crippen LogP contribution in [0.5, 0.6) is 0 Å². The highest BCUT2D eigenvalue weighted by molar-refractivity contribution is 5.35. The number of ether oxygens (including phenoxy) is 1. The summed E-state index contributed by atoms with van der Waals surface area (Å²) in [5.74, 6) is 0.157. The molecule has 0 aliphatic carbocycles. The smallest absolute Gasteiger partial charge is 0.214 e. The molecule has 0 amide bonds. The third-order valence-electron chi connectivity index (χ3n) is 2.76. The number of hydrogen-bond acceptors (Lipinski definition) is 3. The molecular weight excluding hydrogens is 207 g/mol. The van der Waals surface area contributed by atoms with Crippen LogP contribution in [0.2, 0.25) is 0 Å². The van der Waals surface area contributed by atoms with Crippen molar-refractivity contribution in [1.29, 1.82) is 0 Å². The van der Waals surface area contributed by atoms with Crippen molar-refractivity contribution in [2.75, 3.05) is 5.32 Å². The highest BCUT2D eigenvalue weighted by Gasteiger charge is 2.24. The van der Waals surface area contributed by atoms with Crippen molar-refractivity contribution in [3.8, 4) is 0 Å². The van der Waals surface area contributed by atoms with Crippen LogP contribution >= 0.6 is 0 Å². The summed E-state index contributed by atoms with van der Waals surface area (Å²) >= 11 is 0. The van der Waals surface area contributed by atoms with E-state index >= 15 is 0 Å². The van der Waals surface area contributed by atoms with Crippen molar-refractivity contribution in [1.82, 2.24) is 4.98 Å². The van der Waals surface area contributed by atoms with E-state index in [2.05, 4.69) is 24.1 Å². The zero-order chi connectivity index (χ0) is 11.5. The lowest BCUT2D eigenvalue weighted by Gasteiger charge is -2.32. The molecule has 0 saturated carbocycles. The molecule has 1 saturated heterocycles. The molecule has 0 radical (unpaired) electrons. The highest BCUT2D eigenvalue weighted by atomic mass is 19.1. The molecule has 1 N–H and O–H groups in total. The summed E-state index contributed by atoms with van der Waals surface area (Å²) in [4.78, 5) is 3.80. The summed E-state index contributed by atoms with van der Waals surface area (Å²) in [6.07, 6.45) is 2.36. The fraction of sp³-hybridized carbons (Fsp3) is 0.583. The summed E-state index contributed by atoms with van der Waals surface area (Å²) in [5.41, 5.74) is 0. The Kier molecular flexibility index (Phi) is 3.39. The predicted molar refractivity (Wildman–Crippen MR) is 60.8 cm³/mol. The molecule has 0 aromatic carbocycles. The Morgan fingerprint density at radius 3 is 2.62 bits per heavy atom. The minimum atomic E-state index is -0.446. The SMILES string of the molecule is CC1CC(Nc2cccc(F)n2)CC(C)O1. The minimum absolute atomic E-state index is 0.245. The highest BCUT2D eigenvalue weighted by Crippen LogP contribution is 2.21. The molecule has 1 aliphatic heterocycles. The molecule has 2 heterocycles. The largest absolute Gasteiger partial charge is 0.375 e. The van der Waals surface area contributed by atoms with Crippen LogP contribution in [0.4, 0.5) is 10.2 Å². The van der Waals surface area contributed by atoms with Gasteiger partial charge in [0.25, 0.3) is 0 Å². The summed E-state index contributed by atoms with van der Waals surface area (Å²) in [6.45, 7) is 4.12. The first-order chi connectivity index (χ1) is 7.63. The van der Waals surface area contributed by atoms with Gasteiger partial charge in [0.15, 0.2) is 0 Å². The Morgan fingerprint density at radius 2 is 2.00 bits per heavy atom. The lowest BCUT2D eigenvalue weighted by molar-refractivity contribution is -0.0338. The maximum Gasteiger partial charge on any atom is 0.214 e. The first-order valence-electron chi connectivity index (χ1n) is 5.68. The number of aromatic nitrogens is 1. The molecule has 2 atom stereocenters. The van der Waals surface area contributed by atoms with Crippen molar-refractivity contribution in [3.63, 3.8) is 0 Å². The summed E-state index contributed by atoms with van der Waals surface area (Å²) in [7, 11) is 0. The first-order valence-corrected chi connectivity index (χ1v) is 5.68. The normalized spacial score (nSPS) is 30.1. The number of hydrogen-bond donors (Lipinski definition) is 1. The molecular formula is C12H17FN2O. The zero-order valence-electron chi connectivity index (χ0n) is 9.61. The standard InChI is InChI=1S/C12H17FN2O/c1-8-6-10(7-9(2)16-8)14-12-5-3-4-11(13)15-12/h3-5,8-10H,6-7H2,1-2H3,(H,14,15). The average Bonchev–Trinajstić information content (AvgIpc) is 2.15. The molecule has 2 unspecified atom stereocenters. The van der Waals surface area contributed by atoms with Crippen LogP contribution in [0.25, 0.3) is 0 Å². The number of nitrogens with one attached hydrogen (secondary N) is 1. The van der Waals surface area contributed by atoms with E-state index in [1.165, 1.54) is 6.07 Å². The van der Waals surface area contributed by atoms with E-state index in [0.717, 1.165) is 12.8 Å². The van der Waals surface area contributed by atoms with E-state index in [-0.39, 0.29) is 12.2 Å². The molecule has 2 rings (SSSR count). The fourth-order valence-electron chi connectivity index (χ4n) is 2.22. The number of rotatable bonds is 2. The van der Waals surface area contributed by atoms with E-state index in [1.54, 1.807) is 12.1 Å². The van der Waals surface area contributed by atoms with Crippen molar-refractivity contribution >= 4 is 5.82 Å². The molecule has 88 valence electrons. The van der Waals surface area contributed by atoms with Gasteiger partial charge in [-0.2, -0.15) is 4.39 Å². The van der Waals surface area contributed by atoms with E-state index in [1.807, 2.05) is 0 Å². The van der Waals surface area contributed by atoms with E-state index < -0.39 is 5.95 Å². The molecule has 0 bridgehead atoms. The monoisotopic (exact) mass is 224 g/mol. The second-order valence-corrected chi connectivity index (χ2v) is 4.42. The van der Waals surface area contributed by atoms with Crippen LogP contribution in [0, 0.1) is 5.95 Å². The Labute approximate surface area is 95.0 Å². The van der Waals surface area contributed by atoms with Crippen molar-refractivity contribution in [2.45, 2.75) is 44.9 Å². The molecule has 4 heteroatoms. The van der Waals surface area contributed by atoms with Gasteiger partial charge in [-0.1, -0.05) is 6.07 Å². The van der Waals surface area contributed by atoms with Crippen LogP contribution in [0.15, 0.2) is 18.2 Å². The summed E-state index contributed by atoms with van der Waals surface area (Å²) in [5, 5.41) is 3.25. The molecule has 1 aromatic rings. The molecule has 0 spiro atoms. The van der Waals surface area contributed by atoms with Gasteiger partial charge in [-0.15, -0.1) is 0 Å². The van der Waals surface area contributed by atoms with Gasteiger partial charge in [-0.05, 0) is 38.8 Å². The number of halogens is 1. The van der Waals surface area contributed by atoms with Crippen molar-refractivity contribution < 1.29 is 9.13 Å². The van der Waals surface area contributed by atoms with Crippen molar-refractivity contribution in [3.05, 3.63) is 24.1 Å². The number of anilines is 1. The van der Waals surface area contributed by atoms with E-state index in [9.17, 15) is 4.39 Å².